The number of hydrogen-bond acceptors (Lipinski definition) is 4. The number of benzene rings is 1. The Balaban J connectivity index is 1.76. The molecule has 0 unspecified atom stereocenters. The minimum atomic E-state index is -0.308. The minimum Gasteiger partial charge on any atom is -0.326 e. The van der Waals surface area contributed by atoms with Crippen LogP contribution < -0.4 is 10.7 Å². The van der Waals surface area contributed by atoms with Gasteiger partial charge in [0.1, 0.15) is 0 Å². The van der Waals surface area contributed by atoms with Crippen LogP contribution in [0.2, 0.25) is 5.02 Å². The normalized spacial score (nSPS) is 10.8. The van der Waals surface area contributed by atoms with Gasteiger partial charge in [-0.05, 0) is 43.7 Å². The third kappa shape index (κ3) is 5.47. The monoisotopic (exact) mass is 363 g/mol. The standard InChI is InChI=1S/C17H18ClN3O2S/c1-11-6-7-13(24-11)10-19-21-17(23)9-8-16(22)20-15-5-3-4-14(18)12(15)2/h3-7,10H,8-9H2,1-2H3,(H,20,22)(H,21,23). The number of hydrazone groups is 1. The Morgan fingerprint density at radius 1 is 1.17 bits per heavy atom. The highest BCUT2D eigenvalue weighted by Gasteiger charge is 2.09. The predicted octanol–water partition coefficient (Wildman–Crippen LogP) is 3.89. The van der Waals surface area contributed by atoms with Gasteiger partial charge in [-0.1, -0.05) is 17.7 Å². The Kier molecular flexibility index (Phi) is 6.52. The van der Waals surface area contributed by atoms with Crippen LogP contribution in [0.1, 0.15) is 28.2 Å². The smallest absolute Gasteiger partial charge is 0.240 e. The molecular formula is C17H18ClN3O2S. The van der Waals surface area contributed by atoms with Crippen molar-refractivity contribution in [2.45, 2.75) is 26.7 Å². The molecule has 0 saturated carbocycles. The van der Waals surface area contributed by atoms with Crippen LogP contribution in [0.5, 0.6) is 0 Å². The van der Waals surface area contributed by atoms with Crippen molar-refractivity contribution in [3.63, 3.8) is 0 Å². The summed E-state index contributed by atoms with van der Waals surface area (Å²) in [7, 11) is 0. The molecule has 1 aromatic carbocycles. The number of anilines is 1. The number of carbonyl (C=O) groups excluding carboxylic acids is 2. The largest absolute Gasteiger partial charge is 0.326 e. The molecule has 0 fully saturated rings. The molecule has 0 aliphatic carbocycles. The molecule has 2 N–H and O–H groups in total. The van der Waals surface area contributed by atoms with E-state index in [1.54, 1.807) is 35.8 Å². The second-order valence-electron chi connectivity index (χ2n) is 5.20. The Morgan fingerprint density at radius 2 is 1.92 bits per heavy atom. The summed E-state index contributed by atoms with van der Waals surface area (Å²) in [5.74, 6) is -0.550. The molecule has 24 heavy (non-hydrogen) atoms. The molecule has 0 spiro atoms. The van der Waals surface area contributed by atoms with Crippen LogP contribution in [-0.4, -0.2) is 18.0 Å². The van der Waals surface area contributed by atoms with Crippen molar-refractivity contribution < 1.29 is 9.59 Å². The van der Waals surface area contributed by atoms with Crippen molar-refractivity contribution >= 4 is 46.7 Å². The fourth-order valence-corrected chi connectivity index (χ4v) is 2.85. The number of halogens is 1. The Hall–Kier alpha value is -2.18. The fourth-order valence-electron chi connectivity index (χ4n) is 1.93. The molecule has 1 aromatic heterocycles. The summed E-state index contributed by atoms with van der Waals surface area (Å²) < 4.78 is 0. The average molecular weight is 364 g/mol. The zero-order chi connectivity index (χ0) is 17.5. The van der Waals surface area contributed by atoms with Crippen LogP contribution in [0.25, 0.3) is 0 Å². The minimum absolute atomic E-state index is 0.0618. The lowest BCUT2D eigenvalue weighted by atomic mass is 10.2. The lowest BCUT2D eigenvalue weighted by Crippen LogP contribution is -2.20. The van der Waals surface area contributed by atoms with Gasteiger partial charge in [-0.25, -0.2) is 5.43 Å². The number of hydrogen-bond donors (Lipinski definition) is 2. The topological polar surface area (TPSA) is 70.6 Å². The van der Waals surface area contributed by atoms with Gasteiger partial charge in [0.25, 0.3) is 0 Å². The molecular weight excluding hydrogens is 346 g/mol. The molecule has 0 radical (unpaired) electrons. The van der Waals surface area contributed by atoms with E-state index in [0.717, 1.165) is 10.4 Å². The predicted molar refractivity (Wildman–Crippen MR) is 98.8 cm³/mol. The summed E-state index contributed by atoms with van der Waals surface area (Å²) >= 11 is 7.59. The molecule has 5 nitrogen and oxygen atoms in total. The van der Waals surface area contributed by atoms with E-state index in [0.29, 0.717) is 10.7 Å². The van der Waals surface area contributed by atoms with E-state index in [1.165, 1.54) is 4.88 Å². The first-order valence-corrected chi connectivity index (χ1v) is 8.58. The maximum atomic E-state index is 11.9. The molecule has 0 aliphatic rings. The highest BCUT2D eigenvalue weighted by molar-refractivity contribution is 7.13. The molecule has 1 heterocycles. The summed E-state index contributed by atoms with van der Waals surface area (Å²) in [6.45, 7) is 3.83. The number of nitrogens with zero attached hydrogens (tertiary/aromatic N) is 1. The molecule has 0 atom stereocenters. The van der Waals surface area contributed by atoms with Gasteiger partial charge in [0.05, 0.1) is 6.21 Å². The quantitative estimate of drug-likeness (QED) is 0.603. The number of aryl methyl sites for hydroxylation is 1. The van der Waals surface area contributed by atoms with Crippen LogP contribution in [-0.2, 0) is 9.59 Å². The van der Waals surface area contributed by atoms with Crippen LogP contribution in [0.15, 0.2) is 35.4 Å². The first-order chi connectivity index (χ1) is 11.5. The van der Waals surface area contributed by atoms with E-state index in [-0.39, 0.29) is 24.7 Å². The zero-order valence-corrected chi connectivity index (χ0v) is 15.0. The highest BCUT2D eigenvalue weighted by atomic mass is 35.5. The van der Waals surface area contributed by atoms with Crippen molar-refractivity contribution in [3.8, 4) is 0 Å². The summed E-state index contributed by atoms with van der Waals surface area (Å²) in [5, 5.41) is 7.22. The van der Waals surface area contributed by atoms with Crippen molar-refractivity contribution in [3.05, 3.63) is 50.7 Å². The van der Waals surface area contributed by atoms with E-state index in [9.17, 15) is 9.59 Å². The molecule has 2 rings (SSSR count). The third-order valence-electron chi connectivity index (χ3n) is 3.26. The molecule has 2 amide bonds. The van der Waals surface area contributed by atoms with Crippen LogP contribution in [0.3, 0.4) is 0 Å². The highest BCUT2D eigenvalue weighted by Crippen LogP contribution is 2.23. The molecule has 0 aliphatic heterocycles. The first-order valence-electron chi connectivity index (χ1n) is 7.39. The van der Waals surface area contributed by atoms with Crippen molar-refractivity contribution in [2.24, 2.45) is 5.10 Å². The molecule has 126 valence electrons. The SMILES string of the molecule is Cc1ccc(C=NNC(=O)CCC(=O)Nc2cccc(Cl)c2C)s1. The van der Waals surface area contributed by atoms with Gasteiger partial charge in [-0.2, -0.15) is 5.10 Å². The van der Waals surface area contributed by atoms with Gasteiger partial charge in [0.15, 0.2) is 0 Å². The van der Waals surface area contributed by atoms with Crippen LogP contribution in [0.4, 0.5) is 5.69 Å². The van der Waals surface area contributed by atoms with Gasteiger partial charge in [-0.15, -0.1) is 11.3 Å². The third-order valence-corrected chi connectivity index (χ3v) is 4.61. The second-order valence-corrected chi connectivity index (χ2v) is 6.93. The van der Waals surface area contributed by atoms with Crippen molar-refractivity contribution in [2.75, 3.05) is 5.32 Å². The summed E-state index contributed by atoms with van der Waals surface area (Å²) in [5.41, 5.74) is 3.87. The van der Waals surface area contributed by atoms with Crippen LogP contribution >= 0.6 is 22.9 Å². The molecule has 0 bridgehead atoms. The van der Waals surface area contributed by atoms with Crippen molar-refractivity contribution in [1.29, 1.82) is 0 Å². The van der Waals surface area contributed by atoms with Crippen LogP contribution in [0, 0.1) is 13.8 Å². The summed E-state index contributed by atoms with van der Waals surface area (Å²) in [4.78, 5) is 25.7. The van der Waals surface area contributed by atoms with Gasteiger partial charge in [0.2, 0.25) is 11.8 Å². The number of nitrogens with one attached hydrogen (secondary N) is 2. The van der Waals surface area contributed by atoms with E-state index in [1.807, 2.05) is 26.0 Å². The summed E-state index contributed by atoms with van der Waals surface area (Å²) in [6, 6.07) is 9.20. The van der Waals surface area contributed by atoms with Gasteiger partial charge in [-0.3, -0.25) is 9.59 Å². The first kappa shape index (κ1) is 18.2. The molecule has 2 aromatic rings. The number of amides is 2. The maximum absolute atomic E-state index is 11.9. The van der Waals surface area contributed by atoms with Gasteiger partial charge >= 0.3 is 0 Å². The number of thiophene rings is 1. The van der Waals surface area contributed by atoms with E-state index < -0.39 is 0 Å². The Bertz CT molecular complexity index is 771. The average Bonchev–Trinajstić information content (AvgIpc) is 2.95. The zero-order valence-electron chi connectivity index (χ0n) is 13.4. The lowest BCUT2D eigenvalue weighted by molar-refractivity contribution is -0.124. The lowest BCUT2D eigenvalue weighted by Gasteiger charge is -2.09. The number of rotatable bonds is 6. The Labute approximate surface area is 149 Å². The van der Waals surface area contributed by atoms with Gasteiger partial charge < -0.3 is 5.32 Å². The van der Waals surface area contributed by atoms with E-state index in [2.05, 4.69) is 15.8 Å². The van der Waals surface area contributed by atoms with E-state index >= 15 is 0 Å². The maximum Gasteiger partial charge on any atom is 0.240 e. The van der Waals surface area contributed by atoms with Gasteiger partial charge in [0, 0.05) is 33.3 Å². The molecule has 7 heteroatoms. The van der Waals surface area contributed by atoms with E-state index in [4.69, 9.17) is 11.6 Å². The summed E-state index contributed by atoms with van der Waals surface area (Å²) in [6.07, 6.45) is 1.72. The number of carbonyl (C=O) groups is 2. The van der Waals surface area contributed by atoms with Crippen molar-refractivity contribution in [1.82, 2.24) is 5.43 Å². The second kappa shape index (κ2) is 8.61. The fraction of sp³-hybridized carbons (Fsp3) is 0.235. The Morgan fingerprint density at radius 3 is 2.62 bits per heavy atom. The molecule has 0 saturated heterocycles.